The van der Waals surface area contributed by atoms with Crippen LogP contribution in [0.25, 0.3) is 0 Å². The minimum atomic E-state index is -3.74. The molecule has 29 heavy (non-hydrogen) atoms. The van der Waals surface area contributed by atoms with E-state index in [2.05, 4.69) is 6.92 Å². The van der Waals surface area contributed by atoms with E-state index in [4.69, 9.17) is 0 Å². The van der Waals surface area contributed by atoms with Crippen molar-refractivity contribution in [1.82, 2.24) is 9.47 Å². The molecular weight excluding hydrogens is 386 g/mol. The summed E-state index contributed by atoms with van der Waals surface area (Å²) < 4.78 is 30.4. The molecule has 2 aliphatic rings. The maximum Gasteiger partial charge on any atom is 0.270 e. The number of aryl methyl sites for hydroxylation is 1. The number of nitrogens with zero attached hydrogens (tertiary/aromatic N) is 3. The van der Waals surface area contributed by atoms with Gasteiger partial charge in [0.05, 0.1) is 5.69 Å². The second-order valence-electron chi connectivity index (χ2n) is 8.32. The first kappa shape index (κ1) is 20.0. The average molecular weight is 416 g/mol. The highest BCUT2D eigenvalue weighted by Crippen LogP contribution is 2.34. The van der Waals surface area contributed by atoms with E-state index in [-0.39, 0.29) is 10.8 Å². The fourth-order valence-electron chi connectivity index (χ4n) is 4.38. The lowest BCUT2D eigenvalue weighted by atomic mass is 9.99. The Morgan fingerprint density at radius 3 is 2.52 bits per heavy atom. The van der Waals surface area contributed by atoms with Crippen molar-refractivity contribution in [2.24, 2.45) is 13.0 Å². The van der Waals surface area contributed by atoms with Gasteiger partial charge in [0.25, 0.3) is 15.9 Å². The van der Waals surface area contributed by atoms with Crippen molar-refractivity contribution >= 4 is 21.6 Å². The van der Waals surface area contributed by atoms with Crippen LogP contribution in [0, 0.1) is 12.8 Å². The van der Waals surface area contributed by atoms with Gasteiger partial charge in [-0.05, 0) is 56.2 Å². The number of fused-ring (bicyclic) bond motifs is 1. The quantitative estimate of drug-likeness (QED) is 0.772. The summed E-state index contributed by atoms with van der Waals surface area (Å²) in [7, 11) is -1.96. The van der Waals surface area contributed by atoms with Crippen LogP contribution in [-0.2, 0) is 23.5 Å². The molecule has 1 amide bonds. The zero-order valence-electron chi connectivity index (χ0n) is 17.4. The van der Waals surface area contributed by atoms with Gasteiger partial charge in [-0.25, -0.2) is 8.42 Å². The van der Waals surface area contributed by atoms with Crippen molar-refractivity contribution in [3.63, 3.8) is 0 Å². The summed E-state index contributed by atoms with van der Waals surface area (Å²) in [6.07, 6.45) is 3.66. The zero-order chi connectivity index (χ0) is 20.8. The highest BCUT2D eigenvalue weighted by atomic mass is 32.2. The van der Waals surface area contributed by atoms with Crippen LogP contribution in [0.3, 0.4) is 0 Å². The molecule has 0 atom stereocenters. The number of hydrogen-bond donors (Lipinski definition) is 0. The number of amides is 1. The summed E-state index contributed by atoms with van der Waals surface area (Å²) in [5.74, 6) is 0.548. The van der Waals surface area contributed by atoms with Gasteiger partial charge in [-0.3, -0.25) is 9.10 Å². The Balaban J connectivity index is 1.69. The Bertz CT molecular complexity index is 1030. The van der Waals surface area contributed by atoms with Gasteiger partial charge in [0.2, 0.25) is 0 Å². The Labute approximate surface area is 173 Å². The first-order valence-electron chi connectivity index (χ1n) is 10.4. The number of likely N-dealkylation sites (tertiary alicyclic amines) is 1. The topological polar surface area (TPSA) is 62.6 Å². The van der Waals surface area contributed by atoms with Crippen molar-refractivity contribution in [2.45, 2.75) is 44.4 Å². The number of para-hydroxylation sites is 1. The molecule has 2 aliphatic heterocycles. The molecule has 1 aromatic heterocycles. The number of rotatable bonds is 3. The first-order valence-corrected chi connectivity index (χ1v) is 11.8. The summed E-state index contributed by atoms with van der Waals surface area (Å²) >= 11 is 0. The molecule has 156 valence electrons. The maximum atomic E-state index is 13.6. The maximum absolute atomic E-state index is 13.6. The molecular formula is C22H29N3O3S. The van der Waals surface area contributed by atoms with Crippen LogP contribution in [0.5, 0.6) is 0 Å². The molecule has 0 spiro atoms. The summed E-state index contributed by atoms with van der Waals surface area (Å²) in [6.45, 7) is 5.89. The number of sulfonamides is 1. The molecule has 0 bridgehead atoms. The standard InChI is InChI=1S/C22H29N3O3S/c1-16-10-13-24(14-11-16)22(26)20-15-21(17(2)23(20)3)29(27,28)25-12-6-8-18-7-4-5-9-19(18)25/h4-5,7,9,15-16H,6,8,10-14H2,1-3H3. The van der Waals surface area contributed by atoms with E-state index >= 15 is 0 Å². The van der Waals surface area contributed by atoms with Crippen molar-refractivity contribution < 1.29 is 13.2 Å². The van der Waals surface area contributed by atoms with E-state index in [1.54, 1.807) is 24.6 Å². The van der Waals surface area contributed by atoms with Crippen molar-refractivity contribution in [3.05, 3.63) is 47.3 Å². The van der Waals surface area contributed by atoms with Gasteiger partial charge in [0.15, 0.2) is 0 Å². The smallest absolute Gasteiger partial charge is 0.270 e. The Hall–Kier alpha value is -2.28. The van der Waals surface area contributed by atoms with Gasteiger partial charge in [0, 0.05) is 32.4 Å². The monoisotopic (exact) mass is 415 g/mol. The molecule has 0 saturated carbocycles. The predicted octanol–water partition coefficient (Wildman–Crippen LogP) is 3.35. The van der Waals surface area contributed by atoms with Crippen molar-refractivity contribution in [3.8, 4) is 0 Å². The van der Waals surface area contributed by atoms with Crippen LogP contribution in [0.4, 0.5) is 5.69 Å². The molecule has 4 rings (SSSR count). The normalized spacial score (nSPS) is 18.0. The van der Waals surface area contributed by atoms with E-state index in [1.807, 2.05) is 29.2 Å². The molecule has 3 heterocycles. The highest BCUT2D eigenvalue weighted by Gasteiger charge is 2.34. The lowest BCUT2D eigenvalue weighted by Crippen LogP contribution is -2.38. The number of anilines is 1. The third-order valence-electron chi connectivity index (χ3n) is 6.41. The molecule has 0 unspecified atom stereocenters. The molecule has 6 nitrogen and oxygen atoms in total. The van der Waals surface area contributed by atoms with E-state index in [9.17, 15) is 13.2 Å². The lowest BCUT2D eigenvalue weighted by Gasteiger charge is -2.30. The minimum absolute atomic E-state index is 0.0806. The Morgan fingerprint density at radius 2 is 1.79 bits per heavy atom. The number of piperidine rings is 1. The largest absolute Gasteiger partial charge is 0.343 e. The molecule has 1 saturated heterocycles. The molecule has 2 aromatic rings. The van der Waals surface area contributed by atoms with Crippen LogP contribution in [0.1, 0.15) is 47.9 Å². The SMILES string of the molecule is Cc1c(S(=O)(=O)N2CCCc3ccccc32)cc(C(=O)N2CCC(C)CC2)n1C. The Morgan fingerprint density at radius 1 is 1.10 bits per heavy atom. The van der Waals surface area contributed by atoms with Gasteiger partial charge in [-0.15, -0.1) is 0 Å². The molecule has 0 N–H and O–H groups in total. The van der Waals surface area contributed by atoms with Gasteiger partial charge >= 0.3 is 0 Å². The van der Waals surface area contributed by atoms with Crippen molar-refractivity contribution in [2.75, 3.05) is 23.9 Å². The fourth-order valence-corrected chi connectivity index (χ4v) is 6.19. The number of benzene rings is 1. The number of carbonyl (C=O) groups excluding carboxylic acids is 1. The zero-order valence-corrected chi connectivity index (χ0v) is 18.2. The van der Waals surface area contributed by atoms with Crippen molar-refractivity contribution in [1.29, 1.82) is 0 Å². The van der Waals surface area contributed by atoms with Gasteiger partial charge in [-0.1, -0.05) is 25.1 Å². The molecule has 7 heteroatoms. The number of hydrogen-bond acceptors (Lipinski definition) is 3. The predicted molar refractivity (Wildman–Crippen MR) is 114 cm³/mol. The average Bonchev–Trinajstić information content (AvgIpc) is 3.03. The molecule has 0 aliphatic carbocycles. The molecule has 0 radical (unpaired) electrons. The second-order valence-corrected chi connectivity index (χ2v) is 10.2. The van der Waals surface area contributed by atoms with E-state index in [1.165, 1.54) is 4.31 Å². The van der Waals surface area contributed by atoms with E-state index in [0.29, 0.717) is 23.9 Å². The lowest BCUT2D eigenvalue weighted by molar-refractivity contribution is 0.0687. The fraction of sp³-hybridized carbons (Fsp3) is 0.500. The minimum Gasteiger partial charge on any atom is -0.343 e. The molecule has 1 fully saturated rings. The van der Waals surface area contributed by atoms with Crippen LogP contribution >= 0.6 is 0 Å². The third-order valence-corrected chi connectivity index (χ3v) is 8.34. The van der Waals surface area contributed by atoms with Crippen LogP contribution < -0.4 is 4.31 Å². The van der Waals surface area contributed by atoms with Gasteiger partial charge < -0.3 is 9.47 Å². The first-order chi connectivity index (χ1) is 13.8. The summed E-state index contributed by atoms with van der Waals surface area (Å²) in [6, 6.07) is 9.24. The van der Waals surface area contributed by atoms with Crippen LogP contribution in [0.15, 0.2) is 35.2 Å². The Kier molecular flexibility index (Phi) is 5.19. The summed E-state index contributed by atoms with van der Waals surface area (Å²) in [5, 5.41) is 0. The van der Waals surface area contributed by atoms with Crippen LogP contribution in [-0.4, -0.2) is 43.4 Å². The van der Waals surface area contributed by atoms with E-state index < -0.39 is 10.0 Å². The van der Waals surface area contributed by atoms with Crippen LogP contribution in [0.2, 0.25) is 0 Å². The molecule has 1 aromatic carbocycles. The number of aromatic nitrogens is 1. The summed E-state index contributed by atoms with van der Waals surface area (Å²) in [5.41, 5.74) is 2.84. The summed E-state index contributed by atoms with van der Waals surface area (Å²) in [4.78, 5) is 15.2. The second kappa shape index (κ2) is 7.52. The number of carbonyl (C=O) groups is 1. The van der Waals surface area contributed by atoms with Gasteiger partial charge in [-0.2, -0.15) is 0 Å². The highest BCUT2D eigenvalue weighted by molar-refractivity contribution is 7.92. The third kappa shape index (κ3) is 3.45. The van der Waals surface area contributed by atoms with Gasteiger partial charge in [0.1, 0.15) is 10.6 Å². The van der Waals surface area contributed by atoms with E-state index in [0.717, 1.165) is 50.0 Å².